The number of aliphatic hydroxyl groups excluding tert-OH is 1. The largest absolute Gasteiger partial charge is 0.391 e. The Morgan fingerprint density at radius 3 is 2.68 bits per heavy atom. The molecule has 1 rings (SSSR count). The molecule has 2 atom stereocenters. The molecular formula is C14H19Cl2NO2. The lowest BCUT2D eigenvalue weighted by molar-refractivity contribution is -0.120. The molecule has 0 saturated heterocycles. The fraction of sp³-hybridized carbons (Fsp3) is 0.500. The van der Waals surface area contributed by atoms with Crippen molar-refractivity contribution in [3.63, 3.8) is 0 Å². The van der Waals surface area contributed by atoms with Crippen molar-refractivity contribution >= 4 is 29.1 Å². The first-order valence-corrected chi connectivity index (χ1v) is 7.29. The van der Waals surface area contributed by atoms with Gasteiger partial charge in [-0.05, 0) is 18.1 Å². The van der Waals surface area contributed by atoms with Crippen molar-refractivity contribution in [3.8, 4) is 0 Å². The van der Waals surface area contributed by atoms with E-state index in [4.69, 9.17) is 23.2 Å². The molecule has 0 aromatic heterocycles. The maximum absolute atomic E-state index is 11.5. The second kappa shape index (κ2) is 8.41. The van der Waals surface area contributed by atoms with E-state index in [9.17, 15) is 9.90 Å². The highest BCUT2D eigenvalue weighted by Gasteiger charge is 2.24. The molecule has 0 fully saturated rings. The topological polar surface area (TPSA) is 49.3 Å². The van der Waals surface area contributed by atoms with E-state index in [0.29, 0.717) is 17.0 Å². The molecule has 0 radical (unpaired) electrons. The van der Waals surface area contributed by atoms with E-state index in [0.717, 1.165) is 12.8 Å². The summed E-state index contributed by atoms with van der Waals surface area (Å²) in [6.07, 6.45) is 1.80. The molecule has 106 valence electrons. The van der Waals surface area contributed by atoms with Crippen LogP contribution in [-0.4, -0.2) is 23.0 Å². The Morgan fingerprint density at radius 1 is 1.42 bits per heavy atom. The molecule has 0 aliphatic rings. The molecule has 3 nitrogen and oxygen atoms in total. The van der Waals surface area contributed by atoms with Gasteiger partial charge in [0.05, 0.1) is 12.1 Å². The highest BCUT2D eigenvalue weighted by Crippen LogP contribution is 2.27. The summed E-state index contributed by atoms with van der Waals surface area (Å²) in [5.41, 5.74) is 0.714. The van der Waals surface area contributed by atoms with E-state index in [1.165, 1.54) is 0 Å². The van der Waals surface area contributed by atoms with Crippen molar-refractivity contribution in [2.75, 3.05) is 5.88 Å². The van der Waals surface area contributed by atoms with Gasteiger partial charge in [-0.15, -0.1) is 11.6 Å². The van der Waals surface area contributed by atoms with E-state index in [1.54, 1.807) is 12.1 Å². The van der Waals surface area contributed by atoms with Crippen LogP contribution in [0.5, 0.6) is 0 Å². The number of halogens is 2. The summed E-state index contributed by atoms with van der Waals surface area (Å²) in [6, 6.07) is 6.66. The molecule has 2 N–H and O–H groups in total. The molecule has 1 aromatic carbocycles. The SMILES string of the molecule is CCCC[C@@H](O)[C@H](NC(=O)CCl)c1ccccc1Cl. The van der Waals surface area contributed by atoms with Crippen molar-refractivity contribution in [1.82, 2.24) is 5.32 Å². The number of amides is 1. The highest BCUT2D eigenvalue weighted by atomic mass is 35.5. The average molecular weight is 304 g/mol. The monoisotopic (exact) mass is 303 g/mol. The zero-order valence-electron chi connectivity index (χ0n) is 10.9. The molecule has 1 amide bonds. The number of carbonyl (C=O) groups excluding carboxylic acids is 1. The predicted molar refractivity (Wildman–Crippen MR) is 78.6 cm³/mol. The van der Waals surface area contributed by atoms with Crippen LogP contribution in [0.1, 0.15) is 37.8 Å². The molecule has 0 unspecified atom stereocenters. The van der Waals surface area contributed by atoms with Gasteiger partial charge in [0.15, 0.2) is 0 Å². The summed E-state index contributed by atoms with van der Waals surface area (Å²) >= 11 is 11.6. The number of aliphatic hydroxyl groups is 1. The molecule has 0 heterocycles. The van der Waals surface area contributed by atoms with Gasteiger partial charge in [-0.2, -0.15) is 0 Å². The normalized spacial score (nSPS) is 13.9. The van der Waals surface area contributed by atoms with Crippen LogP contribution >= 0.6 is 23.2 Å². The Kier molecular flexibility index (Phi) is 7.21. The Morgan fingerprint density at radius 2 is 2.11 bits per heavy atom. The Labute approximate surface area is 123 Å². The van der Waals surface area contributed by atoms with Crippen molar-refractivity contribution in [1.29, 1.82) is 0 Å². The fourth-order valence-electron chi connectivity index (χ4n) is 1.90. The second-order valence-corrected chi connectivity index (χ2v) is 5.08. The van der Waals surface area contributed by atoms with E-state index in [1.807, 2.05) is 12.1 Å². The highest BCUT2D eigenvalue weighted by molar-refractivity contribution is 6.31. The van der Waals surface area contributed by atoms with Crippen LogP contribution in [0.15, 0.2) is 24.3 Å². The fourth-order valence-corrected chi connectivity index (χ4v) is 2.23. The Balaban J connectivity index is 2.91. The van der Waals surface area contributed by atoms with Crippen LogP contribution < -0.4 is 5.32 Å². The number of carbonyl (C=O) groups is 1. The Hall–Kier alpha value is -0.770. The van der Waals surface area contributed by atoms with Gasteiger partial charge in [0.2, 0.25) is 5.91 Å². The van der Waals surface area contributed by atoms with Gasteiger partial charge in [-0.3, -0.25) is 4.79 Å². The van der Waals surface area contributed by atoms with Gasteiger partial charge >= 0.3 is 0 Å². The molecule has 1 aromatic rings. The van der Waals surface area contributed by atoms with Crippen LogP contribution in [-0.2, 0) is 4.79 Å². The first kappa shape index (κ1) is 16.3. The average Bonchev–Trinajstić information content (AvgIpc) is 2.42. The van der Waals surface area contributed by atoms with Gasteiger partial charge in [-0.1, -0.05) is 49.6 Å². The number of alkyl halides is 1. The van der Waals surface area contributed by atoms with Crippen molar-refractivity contribution in [2.24, 2.45) is 0 Å². The molecule has 0 saturated carbocycles. The maximum atomic E-state index is 11.5. The second-order valence-electron chi connectivity index (χ2n) is 4.41. The van der Waals surface area contributed by atoms with E-state index in [2.05, 4.69) is 12.2 Å². The molecule has 0 aliphatic heterocycles. The number of unbranched alkanes of at least 4 members (excludes halogenated alkanes) is 1. The van der Waals surface area contributed by atoms with Crippen LogP contribution in [0.25, 0.3) is 0 Å². The van der Waals surface area contributed by atoms with E-state index < -0.39 is 12.1 Å². The quantitative estimate of drug-likeness (QED) is 0.759. The minimum Gasteiger partial charge on any atom is -0.391 e. The van der Waals surface area contributed by atoms with Crippen LogP contribution in [0.2, 0.25) is 5.02 Å². The lowest BCUT2D eigenvalue weighted by Crippen LogP contribution is -2.37. The minimum absolute atomic E-state index is 0.137. The van der Waals surface area contributed by atoms with Crippen LogP contribution in [0.3, 0.4) is 0 Å². The van der Waals surface area contributed by atoms with Gasteiger partial charge in [0.25, 0.3) is 0 Å². The van der Waals surface area contributed by atoms with Crippen LogP contribution in [0.4, 0.5) is 0 Å². The maximum Gasteiger partial charge on any atom is 0.235 e. The standard InChI is InChI=1S/C14H19Cl2NO2/c1-2-3-8-12(18)14(17-13(19)9-15)10-6-4-5-7-11(10)16/h4-7,12,14,18H,2-3,8-9H2,1H3,(H,17,19)/t12-,14-/m1/s1. The van der Waals surface area contributed by atoms with Gasteiger partial charge in [-0.25, -0.2) is 0 Å². The van der Waals surface area contributed by atoms with Gasteiger partial charge in [0, 0.05) is 5.02 Å². The van der Waals surface area contributed by atoms with Crippen molar-refractivity contribution in [3.05, 3.63) is 34.9 Å². The number of rotatable bonds is 7. The summed E-state index contributed by atoms with van der Waals surface area (Å²) in [7, 11) is 0. The number of benzene rings is 1. The lowest BCUT2D eigenvalue weighted by atomic mass is 9.97. The zero-order valence-corrected chi connectivity index (χ0v) is 12.4. The third-order valence-corrected chi connectivity index (χ3v) is 3.50. The van der Waals surface area contributed by atoms with E-state index >= 15 is 0 Å². The summed E-state index contributed by atoms with van der Waals surface area (Å²) < 4.78 is 0. The zero-order chi connectivity index (χ0) is 14.3. The smallest absolute Gasteiger partial charge is 0.235 e. The van der Waals surface area contributed by atoms with Gasteiger partial charge in [0.1, 0.15) is 5.88 Å². The molecule has 0 bridgehead atoms. The lowest BCUT2D eigenvalue weighted by Gasteiger charge is -2.25. The molecule has 0 aliphatic carbocycles. The first-order valence-electron chi connectivity index (χ1n) is 6.38. The summed E-state index contributed by atoms with van der Waals surface area (Å²) in [5.74, 6) is -0.455. The van der Waals surface area contributed by atoms with E-state index in [-0.39, 0.29) is 11.8 Å². The molecular weight excluding hydrogens is 285 g/mol. The van der Waals surface area contributed by atoms with Gasteiger partial charge < -0.3 is 10.4 Å². The molecule has 5 heteroatoms. The third-order valence-electron chi connectivity index (χ3n) is 2.92. The van der Waals surface area contributed by atoms with Crippen molar-refractivity contribution in [2.45, 2.75) is 38.3 Å². The van der Waals surface area contributed by atoms with Crippen molar-refractivity contribution < 1.29 is 9.90 Å². The van der Waals surface area contributed by atoms with Crippen LogP contribution in [0, 0.1) is 0 Å². The molecule has 0 spiro atoms. The number of hydrogen-bond acceptors (Lipinski definition) is 2. The summed E-state index contributed by atoms with van der Waals surface area (Å²) in [4.78, 5) is 11.5. The predicted octanol–water partition coefficient (Wildman–Crippen LogP) is 3.29. The number of hydrogen-bond donors (Lipinski definition) is 2. The summed E-state index contributed by atoms with van der Waals surface area (Å²) in [5, 5.41) is 13.5. The Bertz CT molecular complexity index is 412. The molecule has 19 heavy (non-hydrogen) atoms. The first-order chi connectivity index (χ1) is 9.10. The third kappa shape index (κ3) is 5.01. The minimum atomic E-state index is -0.674. The number of nitrogens with one attached hydrogen (secondary N) is 1. The summed E-state index contributed by atoms with van der Waals surface area (Å²) in [6.45, 7) is 2.05.